The lowest BCUT2D eigenvalue weighted by Crippen LogP contribution is -2.36. The van der Waals surface area contributed by atoms with Crippen molar-refractivity contribution in [3.05, 3.63) is 95.2 Å². The van der Waals surface area contributed by atoms with Crippen LogP contribution in [0.2, 0.25) is 0 Å². The van der Waals surface area contributed by atoms with Gasteiger partial charge in [-0.15, -0.1) is 0 Å². The molecule has 1 aromatic heterocycles. The molecule has 1 atom stereocenters. The summed E-state index contributed by atoms with van der Waals surface area (Å²) in [6.45, 7) is 1.96. The molecule has 32 heavy (non-hydrogen) atoms. The molecule has 4 aromatic rings. The number of rotatable bonds is 5. The first-order valence-corrected chi connectivity index (χ1v) is 10.5. The van der Waals surface area contributed by atoms with Gasteiger partial charge in [0.15, 0.2) is 0 Å². The van der Waals surface area contributed by atoms with Gasteiger partial charge in [0.25, 0.3) is 5.91 Å². The number of aryl methyl sites for hydroxylation is 1. The number of hydrogen-bond acceptors (Lipinski definition) is 3. The Labute approximate surface area is 185 Å². The van der Waals surface area contributed by atoms with Gasteiger partial charge in [0.1, 0.15) is 12.3 Å². The van der Waals surface area contributed by atoms with Crippen LogP contribution in [-0.2, 0) is 4.79 Å². The number of amides is 2. The molecule has 0 saturated heterocycles. The Bertz CT molecular complexity index is 1320. The van der Waals surface area contributed by atoms with E-state index in [4.69, 9.17) is 4.74 Å². The molecular formula is C26H23N3O3. The van der Waals surface area contributed by atoms with Crippen LogP contribution < -0.4 is 10.1 Å². The smallest absolute Gasteiger partial charge is 0.255 e. The molecule has 3 aromatic carbocycles. The first kappa shape index (κ1) is 19.9. The highest BCUT2D eigenvalue weighted by molar-refractivity contribution is 6.04. The lowest BCUT2D eigenvalue weighted by atomic mass is 9.95. The average Bonchev–Trinajstić information content (AvgIpc) is 3.27. The van der Waals surface area contributed by atoms with Crippen molar-refractivity contribution in [1.82, 2.24) is 9.88 Å². The molecule has 160 valence electrons. The number of nitrogens with one attached hydrogen (secondary N) is 2. The fourth-order valence-corrected chi connectivity index (χ4v) is 4.52. The minimum absolute atomic E-state index is 0.0524. The molecule has 2 amide bonds. The number of methoxy groups -OCH3 is 1. The van der Waals surface area contributed by atoms with Crippen LogP contribution in [0, 0.1) is 6.92 Å². The van der Waals surface area contributed by atoms with Crippen LogP contribution >= 0.6 is 0 Å². The second kappa shape index (κ2) is 7.89. The molecule has 0 saturated carbocycles. The van der Waals surface area contributed by atoms with E-state index < -0.39 is 0 Å². The third-order valence-electron chi connectivity index (χ3n) is 5.96. The molecule has 1 aliphatic rings. The van der Waals surface area contributed by atoms with Crippen LogP contribution in [0.4, 0.5) is 5.69 Å². The molecule has 0 radical (unpaired) electrons. The Kier molecular flexibility index (Phi) is 4.90. The van der Waals surface area contributed by atoms with Crippen LogP contribution in [-0.4, -0.2) is 35.4 Å². The third-order valence-corrected chi connectivity index (χ3v) is 5.96. The first-order chi connectivity index (χ1) is 15.6. The van der Waals surface area contributed by atoms with E-state index in [1.54, 1.807) is 36.3 Å². The zero-order valence-electron chi connectivity index (χ0n) is 17.9. The van der Waals surface area contributed by atoms with Gasteiger partial charge in [-0.05, 0) is 48.9 Å². The van der Waals surface area contributed by atoms with E-state index in [1.807, 2.05) is 49.4 Å². The highest BCUT2D eigenvalue weighted by atomic mass is 16.5. The fraction of sp³-hybridized carbons (Fsp3) is 0.154. The molecule has 0 unspecified atom stereocenters. The Balaban J connectivity index is 1.51. The van der Waals surface area contributed by atoms with Gasteiger partial charge in [-0.2, -0.15) is 0 Å². The zero-order valence-corrected chi connectivity index (χ0v) is 17.9. The number of para-hydroxylation sites is 1. The maximum absolute atomic E-state index is 13.3. The van der Waals surface area contributed by atoms with Crippen LogP contribution in [0.5, 0.6) is 5.75 Å². The molecule has 6 heteroatoms. The number of nitrogens with zero attached hydrogens (tertiary/aromatic N) is 1. The number of hydrogen-bond donors (Lipinski definition) is 2. The number of fused-ring (bicyclic) bond motifs is 2. The Morgan fingerprint density at radius 2 is 1.75 bits per heavy atom. The van der Waals surface area contributed by atoms with Crippen LogP contribution in [0.1, 0.15) is 33.2 Å². The van der Waals surface area contributed by atoms with Crippen molar-refractivity contribution in [1.29, 1.82) is 0 Å². The standard InChI is InChI=1S/C26H23N3O3/c1-16-24(21-9-5-6-10-22(21)27-16)25-19-7-3-4-8-20(19)26(31)29(25)15-23(30)28-17-11-13-18(32-2)14-12-17/h3-14,25,27H,15H2,1-2H3,(H,28,30)/t25-/m1/s1. The predicted octanol–water partition coefficient (Wildman–Crippen LogP) is 4.67. The zero-order chi connectivity index (χ0) is 22.2. The summed E-state index contributed by atoms with van der Waals surface area (Å²) in [5.74, 6) is 0.321. The molecule has 2 N–H and O–H groups in total. The minimum atomic E-state index is -0.337. The number of benzene rings is 3. The molecular weight excluding hydrogens is 402 g/mol. The van der Waals surface area contributed by atoms with E-state index in [1.165, 1.54) is 0 Å². The van der Waals surface area contributed by atoms with Crippen molar-refractivity contribution in [3.63, 3.8) is 0 Å². The van der Waals surface area contributed by atoms with E-state index in [0.29, 0.717) is 17.0 Å². The number of carbonyl (C=O) groups excluding carboxylic acids is 2. The van der Waals surface area contributed by atoms with Gasteiger partial charge in [0.05, 0.1) is 13.2 Å². The van der Waals surface area contributed by atoms with Gasteiger partial charge < -0.3 is 19.9 Å². The molecule has 5 rings (SSSR count). The van der Waals surface area contributed by atoms with Crippen molar-refractivity contribution < 1.29 is 14.3 Å². The number of aromatic nitrogens is 1. The first-order valence-electron chi connectivity index (χ1n) is 10.5. The van der Waals surface area contributed by atoms with E-state index in [9.17, 15) is 9.59 Å². The highest BCUT2D eigenvalue weighted by Gasteiger charge is 2.40. The lowest BCUT2D eigenvalue weighted by Gasteiger charge is -2.25. The van der Waals surface area contributed by atoms with Gasteiger partial charge in [-0.25, -0.2) is 0 Å². The second-order valence-corrected chi connectivity index (χ2v) is 7.91. The van der Waals surface area contributed by atoms with Gasteiger partial charge in [-0.3, -0.25) is 9.59 Å². The van der Waals surface area contributed by atoms with Gasteiger partial charge in [0, 0.05) is 33.4 Å². The van der Waals surface area contributed by atoms with Crippen molar-refractivity contribution in [2.24, 2.45) is 0 Å². The van der Waals surface area contributed by atoms with Crippen molar-refractivity contribution in [3.8, 4) is 5.75 Å². The predicted molar refractivity (Wildman–Crippen MR) is 124 cm³/mol. The Hall–Kier alpha value is -4.06. The number of carbonyl (C=O) groups is 2. The molecule has 1 aliphatic heterocycles. The van der Waals surface area contributed by atoms with Gasteiger partial charge in [-0.1, -0.05) is 36.4 Å². The third kappa shape index (κ3) is 3.30. The topological polar surface area (TPSA) is 74.4 Å². The maximum atomic E-state index is 13.3. The highest BCUT2D eigenvalue weighted by Crippen LogP contribution is 2.42. The summed E-state index contributed by atoms with van der Waals surface area (Å²) in [6.07, 6.45) is 0. The van der Waals surface area contributed by atoms with Gasteiger partial charge >= 0.3 is 0 Å². The summed E-state index contributed by atoms with van der Waals surface area (Å²) in [4.78, 5) is 31.4. The maximum Gasteiger partial charge on any atom is 0.255 e. The Morgan fingerprint density at radius 3 is 2.53 bits per heavy atom. The summed E-state index contributed by atoms with van der Waals surface area (Å²) >= 11 is 0. The number of ether oxygens (including phenoxy) is 1. The van der Waals surface area contributed by atoms with Crippen LogP contribution in [0.25, 0.3) is 10.9 Å². The van der Waals surface area contributed by atoms with E-state index in [0.717, 1.165) is 27.7 Å². The largest absolute Gasteiger partial charge is 0.497 e. The Morgan fingerprint density at radius 1 is 1.03 bits per heavy atom. The van der Waals surface area contributed by atoms with E-state index >= 15 is 0 Å². The van der Waals surface area contributed by atoms with Crippen molar-refractivity contribution in [2.75, 3.05) is 19.0 Å². The van der Waals surface area contributed by atoms with Crippen molar-refractivity contribution in [2.45, 2.75) is 13.0 Å². The SMILES string of the molecule is COc1ccc(NC(=O)CN2C(=O)c3ccccc3[C@@H]2c2c(C)[nH]c3ccccc23)cc1. The fourth-order valence-electron chi connectivity index (χ4n) is 4.52. The van der Waals surface area contributed by atoms with Crippen LogP contribution in [0.3, 0.4) is 0 Å². The van der Waals surface area contributed by atoms with E-state index in [2.05, 4.69) is 16.4 Å². The molecule has 0 bridgehead atoms. The number of anilines is 1. The van der Waals surface area contributed by atoms with E-state index in [-0.39, 0.29) is 24.4 Å². The molecule has 2 heterocycles. The monoisotopic (exact) mass is 425 g/mol. The normalized spacial score (nSPS) is 15.1. The summed E-state index contributed by atoms with van der Waals surface area (Å²) in [5.41, 5.74) is 5.23. The number of aromatic amines is 1. The minimum Gasteiger partial charge on any atom is -0.497 e. The van der Waals surface area contributed by atoms with Crippen LogP contribution in [0.15, 0.2) is 72.8 Å². The second-order valence-electron chi connectivity index (χ2n) is 7.91. The lowest BCUT2D eigenvalue weighted by molar-refractivity contribution is -0.117. The molecule has 0 spiro atoms. The summed E-state index contributed by atoms with van der Waals surface area (Å²) in [6, 6.07) is 22.4. The molecule has 6 nitrogen and oxygen atoms in total. The molecule has 0 aliphatic carbocycles. The van der Waals surface area contributed by atoms with Gasteiger partial charge in [0.2, 0.25) is 5.91 Å². The molecule has 0 fully saturated rings. The number of H-pyrrole nitrogens is 1. The summed E-state index contributed by atoms with van der Waals surface area (Å²) in [5, 5.41) is 3.94. The average molecular weight is 425 g/mol. The van der Waals surface area contributed by atoms with Crippen molar-refractivity contribution >= 4 is 28.4 Å². The summed E-state index contributed by atoms with van der Waals surface area (Å²) in [7, 11) is 1.59. The quantitative estimate of drug-likeness (QED) is 0.488. The summed E-state index contributed by atoms with van der Waals surface area (Å²) < 4.78 is 5.16.